The van der Waals surface area contributed by atoms with E-state index in [2.05, 4.69) is 9.97 Å². The SMILES string of the molecule is O=C(O)c1ccc(-c2c[nH]c3ncccc23)cc1. The predicted molar refractivity (Wildman–Crippen MR) is 68.5 cm³/mol. The predicted octanol–water partition coefficient (Wildman–Crippen LogP) is 2.93. The average molecular weight is 238 g/mol. The number of hydrogen-bond acceptors (Lipinski definition) is 2. The smallest absolute Gasteiger partial charge is 0.335 e. The lowest BCUT2D eigenvalue weighted by molar-refractivity contribution is 0.0697. The number of hydrogen-bond donors (Lipinski definition) is 2. The van der Waals surface area contributed by atoms with E-state index in [0.717, 1.165) is 22.2 Å². The van der Waals surface area contributed by atoms with Crippen LogP contribution in [0, 0.1) is 0 Å². The first-order valence-electron chi connectivity index (χ1n) is 5.51. The lowest BCUT2D eigenvalue weighted by atomic mass is 10.0. The summed E-state index contributed by atoms with van der Waals surface area (Å²) >= 11 is 0. The van der Waals surface area contributed by atoms with Gasteiger partial charge >= 0.3 is 5.97 Å². The third-order valence-corrected chi connectivity index (χ3v) is 2.89. The van der Waals surface area contributed by atoms with Gasteiger partial charge in [0.25, 0.3) is 0 Å². The fourth-order valence-corrected chi connectivity index (χ4v) is 1.99. The molecular weight excluding hydrogens is 228 g/mol. The highest BCUT2D eigenvalue weighted by Gasteiger charge is 2.07. The van der Waals surface area contributed by atoms with Crippen molar-refractivity contribution in [3.05, 3.63) is 54.4 Å². The van der Waals surface area contributed by atoms with Gasteiger partial charge in [0, 0.05) is 23.3 Å². The Kier molecular flexibility index (Phi) is 2.34. The molecule has 1 aromatic carbocycles. The number of carbonyl (C=O) groups is 1. The first-order chi connectivity index (χ1) is 8.75. The van der Waals surface area contributed by atoms with Gasteiger partial charge in [0.15, 0.2) is 0 Å². The summed E-state index contributed by atoms with van der Waals surface area (Å²) in [6.07, 6.45) is 3.61. The third-order valence-electron chi connectivity index (χ3n) is 2.89. The van der Waals surface area contributed by atoms with Crippen LogP contribution in [0.3, 0.4) is 0 Å². The number of aromatic amines is 1. The maximum atomic E-state index is 10.8. The van der Waals surface area contributed by atoms with Gasteiger partial charge < -0.3 is 10.1 Å². The van der Waals surface area contributed by atoms with E-state index in [0.29, 0.717) is 0 Å². The third kappa shape index (κ3) is 1.64. The van der Waals surface area contributed by atoms with E-state index in [4.69, 9.17) is 5.11 Å². The normalized spacial score (nSPS) is 10.7. The van der Waals surface area contributed by atoms with Crippen molar-refractivity contribution in [1.82, 2.24) is 9.97 Å². The molecule has 0 bridgehead atoms. The molecule has 18 heavy (non-hydrogen) atoms. The standard InChI is InChI=1S/C14H10N2O2/c17-14(18)10-5-3-9(4-6-10)12-8-16-13-11(12)2-1-7-15-13/h1-8H,(H,15,16)(H,17,18). The maximum Gasteiger partial charge on any atom is 0.335 e. The molecule has 0 aliphatic carbocycles. The zero-order valence-electron chi connectivity index (χ0n) is 9.42. The molecule has 0 aliphatic heterocycles. The van der Waals surface area contributed by atoms with Crippen molar-refractivity contribution >= 4 is 17.0 Å². The van der Waals surface area contributed by atoms with Gasteiger partial charge in [-0.15, -0.1) is 0 Å². The molecule has 88 valence electrons. The van der Waals surface area contributed by atoms with E-state index in [1.165, 1.54) is 0 Å². The van der Waals surface area contributed by atoms with Crippen LogP contribution in [0.25, 0.3) is 22.2 Å². The van der Waals surface area contributed by atoms with Crippen molar-refractivity contribution in [2.24, 2.45) is 0 Å². The van der Waals surface area contributed by atoms with Crippen LogP contribution in [0.4, 0.5) is 0 Å². The van der Waals surface area contributed by atoms with Gasteiger partial charge in [0.05, 0.1) is 5.56 Å². The van der Waals surface area contributed by atoms with Crippen molar-refractivity contribution in [2.45, 2.75) is 0 Å². The Morgan fingerprint density at radius 2 is 1.94 bits per heavy atom. The molecule has 0 atom stereocenters. The van der Waals surface area contributed by atoms with Crippen molar-refractivity contribution < 1.29 is 9.90 Å². The molecule has 3 rings (SSSR count). The van der Waals surface area contributed by atoms with E-state index in [9.17, 15) is 4.79 Å². The Balaban J connectivity index is 2.12. The number of rotatable bonds is 2. The van der Waals surface area contributed by atoms with Crippen LogP contribution in [-0.2, 0) is 0 Å². The van der Waals surface area contributed by atoms with Crippen LogP contribution in [0.1, 0.15) is 10.4 Å². The fraction of sp³-hybridized carbons (Fsp3) is 0. The van der Waals surface area contributed by atoms with Gasteiger partial charge in [0.2, 0.25) is 0 Å². The molecular formula is C14H10N2O2. The van der Waals surface area contributed by atoms with Crippen LogP contribution in [0.2, 0.25) is 0 Å². The van der Waals surface area contributed by atoms with Crippen molar-refractivity contribution in [2.75, 3.05) is 0 Å². The highest BCUT2D eigenvalue weighted by molar-refractivity contribution is 5.94. The Morgan fingerprint density at radius 3 is 2.67 bits per heavy atom. The van der Waals surface area contributed by atoms with Crippen LogP contribution in [0.15, 0.2) is 48.8 Å². The molecule has 4 heteroatoms. The van der Waals surface area contributed by atoms with Crippen molar-refractivity contribution in [3.8, 4) is 11.1 Å². The quantitative estimate of drug-likeness (QED) is 0.721. The number of benzene rings is 1. The second-order valence-corrected chi connectivity index (χ2v) is 3.98. The minimum Gasteiger partial charge on any atom is -0.478 e. The Bertz CT molecular complexity index is 714. The molecule has 2 N–H and O–H groups in total. The van der Waals surface area contributed by atoms with Gasteiger partial charge in [0.1, 0.15) is 5.65 Å². The second kappa shape index (κ2) is 4.00. The highest BCUT2D eigenvalue weighted by Crippen LogP contribution is 2.27. The number of aromatic nitrogens is 2. The zero-order chi connectivity index (χ0) is 12.5. The van der Waals surface area contributed by atoms with E-state index in [1.54, 1.807) is 30.5 Å². The van der Waals surface area contributed by atoms with Crippen LogP contribution < -0.4 is 0 Å². The van der Waals surface area contributed by atoms with E-state index < -0.39 is 5.97 Å². The van der Waals surface area contributed by atoms with Gasteiger partial charge in [-0.25, -0.2) is 9.78 Å². The topological polar surface area (TPSA) is 66.0 Å². The van der Waals surface area contributed by atoms with Crippen molar-refractivity contribution in [3.63, 3.8) is 0 Å². The fourth-order valence-electron chi connectivity index (χ4n) is 1.99. The number of nitrogens with zero attached hydrogens (tertiary/aromatic N) is 1. The molecule has 0 unspecified atom stereocenters. The molecule has 4 nitrogen and oxygen atoms in total. The monoisotopic (exact) mass is 238 g/mol. The van der Waals surface area contributed by atoms with Crippen LogP contribution >= 0.6 is 0 Å². The second-order valence-electron chi connectivity index (χ2n) is 3.98. The lowest BCUT2D eigenvalue weighted by Crippen LogP contribution is -1.94. The van der Waals surface area contributed by atoms with Crippen LogP contribution in [-0.4, -0.2) is 21.0 Å². The Labute approximate surface area is 103 Å². The van der Waals surface area contributed by atoms with E-state index in [1.807, 2.05) is 18.3 Å². The number of carboxylic acids is 1. The molecule has 0 amide bonds. The van der Waals surface area contributed by atoms with Gasteiger partial charge in [-0.1, -0.05) is 12.1 Å². The number of carboxylic acid groups (broad SMARTS) is 1. The molecule has 0 aliphatic rings. The number of nitrogens with one attached hydrogen (secondary N) is 1. The minimum atomic E-state index is -0.915. The molecule has 0 radical (unpaired) electrons. The van der Waals surface area contributed by atoms with Gasteiger partial charge in [-0.3, -0.25) is 0 Å². The molecule has 0 saturated heterocycles. The van der Waals surface area contributed by atoms with Crippen LogP contribution in [0.5, 0.6) is 0 Å². The van der Waals surface area contributed by atoms with Gasteiger partial charge in [-0.2, -0.15) is 0 Å². The summed E-state index contributed by atoms with van der Waals surface area (Å²) in [4.78, 5) is 18.1. The lowest BCUT2D eigenvalue weighted by Gasteiger charge is -2.00. The molecule has 2 aromatic heterocycles. The summed E-state index contributed by atoms with van der Waals surface area (Å²) in [6.45, 7) is 0. The van der Waals surface area contributed by atoms with E-state index in [-0.39, 0.29) is 5.56 Å². The summed E-state index contributed by atoms with van der Waals surface area (Å²) in [5, 5.41) is 9.89. The first kappa shape index (κ1) is 10.5. The summed E-state index contributed by atoms with van der Waals surface area (Å²) in [7, 11) is 0. The number of pyridine rings is 1. The number of aromatic carboxylic acids is 1. The molecule has 0 saturated carbocycles. The summed E-state index contributed by atoms with van der Waals surface area (Å²) in [5.74, 6) is -0.915. The highest BCUT2D eigenvalue weighted by atomic mass is 16.4. The molecule has 0 spiro atoms. The van der Waals surface area contributed by atoms with E-state index >= 15 is 0 Å². The summed E-state index contributed by atoms with van der Waals surface area (Å²) in [6, 6.07) is 10.7. The number of H-pyrrole nitrogens is 1. The number of fused-ring (bicyclic) bond motifs is 1. The molecule has 2 heterocycles. The summed E-state index contributed by atoms with van der Waals surface area (Å²) in [5.41, 5.74) is 3.11. The largest absolute Gasteiger partial charge is 0.478 e. The zero-order valence-corrected chi connectivity index (χ0v) is 9.42. The van der Waals surface area contributed by atoms with Gasteiger partial charge in [-0.05, 0) is 29.8 Å². The van der Waals surface area contributed by atoms with Crippen molar-refractivity contribution in [1.29, 1.82) is 0 Å². The minimum absolute atomic E-state index is 0.289. The maximum absolute atomic E-state index is 10.8. The first-order valence-corrected chi connectivity index (χ1v) is 5.51. The average Bonchev–Trinajstić information content (AvgIpc) is 2.82. The Hall–Kier alpha value is -2.62. The Morgan fingerprint density at radius 1 is 1.17 bits per heavy atom. The summed E-state index contributed by atoms with van der Waals surface area (Å²) < 4.78 is 0. The molecule has 0 fully saturated rings. The molecule has 3 aromatic rings.